The minimum absolute atomic E-state index is 0.214. The Morgan fingerprint density at radius 1 is 1.36 bits per heavy atom. The molecule has 0 saturated carbocycles. The van der Waals surface area contributed by atoms with Crippen LogP contribution in [0.4, 0.5) is 4.39 Å². The Kier molecular flexibility index (Phi) is 2.10. The van der Waals surface area contributed by atoms with Crippen molar-refractivity contribution in [1.29, 1.82) is 0 Å². The summed E-state index contributed by atoms with van der Waals surface area (Å²) in [5.41, 5.74) is 0.601. The Hall–Kier alpha value is -1.97. The van der Waals surface area contributed by atoms with Crippen LogP contribution in [0.1, 0.15) is 15.9 Å². The third-order valence-corrected chi connectivity index (χ3v) is 1.75. The lowest BCUT2D eigenvalue weighted by molar-refractivity contribution is 0.103. The highest BCUT2D eigenvalue weighted by Gasteiger charge is 2.10. The van der Waals surface area contributed by atoms with E-state index in [1.54, 1.807) is 0 Å². The fraction of sp³-hybridized carbons (Fsp3) is 0. The molecule has 0 atom stereocenters. The third kappa shape index (κ3) is 1.54. The summed E-state index contributed by atoms with van der Waals surface area (Å²) in [6.45, 7) is 0. The monoisotopic (exact) mass is 191 g/mol. The molecule has 0 saturated heterocycles. The number of aromatic nitrogens is 1. The van der Waals surface area contributed by atoms with E-state index >= 15 is 0 Å². The maximum absolute atomic E-state index is 12.7. The number of rotatable bonds is 2. The summed E-state index contributed by atoms with van der Waals surface area (Å²) in [4.78, 5) is 15.2. The number of nitrogens with zero attached hydrogens (tertiary/aromatic N) is 1. The van der Waals surface area contributed by atoms with Gasteiger partial charge in [-0.1, -0.05) is 0 Å². The van der Waals surface area contributed by atoms with E-state index < -0.39 is 5.82 Å². The Morgan fingerprint density at radius 2 is 2.21 bits per heavy atom. The summed E-state index contributed by atoms with van der Waals surface area (Å²) in [7, 11) is 0. The number of halogens is 1. The molecule has 14 heavy (non-hydrogen) atoms. The van der Waals surface area contributed by atoms with Gasteiger partial charge in [0.15, 0.2) is 5.78 Å². The SMILES string of the molecule is O=C(c1ccoc1)c1cncc(F)c1. The second-order valence-corrected chi connectivity index (χ2v) is 2.73. The number of hydrogen-bond acceptors (Lipinski definition) is 3. The maximum Gasteiger partial charge on any atom is 0.197 e. The van der Waals surface area contributed by atoms with E-state index in [0.717, 1.165) is 12.3 Å². The van der Waals surface area contributed by atoms with Gasteiger partial charge >= 0.3 is 0 Å². The van der Waals surface area contributed by atoms with E-state index in [4.69, 9.17) is 4.42 Å². The molecule has 4 heteroatoms. The lowest BCUT2D eigenvalue weighted by Gasteiger charge is -1.96. The molecule has 2 heterocycles. The fourth-order valence-corrected chi connectivity index (χ4v) is 1.10. The summed E-state index contributed by atoms with van der Waals surface area (Å²) >= 11 is 0. The van der Waals surface area contributed by atoms with Gasteiger partial charge in [-0.15, -0.1) is 0 Å². The molecule has 70 valence electrons. The summed E-state index contributed by atoms with van der Waals surface area (Å²) in [6, 6.07) is 2.66. The van der Waals surface area contributed by atoms with E-state index in [9.17, 15) is 9.18 Å². The van der Waals surface area contributed by atoms with Crippen LogP contribution in [-0.4, -0.2) is 10.8 Å². The van der Waals surface area contributed by atoms with Crippen LogP contribution in [0.2, 0.25) is 0 Å². The summed E-state index contributed by atoms with van der Waals surface area (Å²) in [5.74, 6) is -0.829. The highest BCUT2D eigenvalue weighted by Crippen LogP contribution is 2.09. The molecule has 2 aromatic rings. The maximum atomic E-state index is 12.7. The van der Waals surface area contributed by atoms with Gasteiger partial charge in [0.25, 0.3) is 0 Å². The molecular formula is C10H6FNO2. The molecule has 0 fully saturated rings. The van der Waals surface area contributed by atoms with Crippen LogP contribution < -0.4 is 0 Å². The van der Waals surface area contributed by atoms with Gasteiger partial charge in [0, 0.05) is 11.8 Å². The Balaban J connectivity index is 2.37. The van der Waals surface area contributed by atoms with E-state index in [1.165, 1.54) is 24.8 Å². The van der Waals surface area contributed by atoms with Crippen LogP contribution in [-0.2, 0) is 0 Å². The van der Waals surface area contributed by atoms with Gasteiger partial charge in [0.05, 0.1) is 18.0 Å². The van der Waals surface area contributed by atoms with Crippen molar-refractivity contribution in [2.75, 3.05) is 0 Å². The number of ketones is 1. The second-order valence-electron chi connectivity index (χ2n) is 2.73. The van der Waals surface area contributed by atoms with Crippen LogP contribution in [0.3, 0.4) is 0 Å². The van der Waals surface area contributed by atoms with Gasteiger partial charge in [-0.05, 0) is 12.1 Å². The molecule has 0 unspecified atom stereocenters. The molecule has 0 bridgehead atoms. The van der Waals surface area contributed by atoms with E-state index in [0.29, 0.717) is 5.56 Å². The molecule has 0 aliphatic carbocycles. The van der Waals surface area contributed by atoms with Crippen LogP contribution in [0.25, 0.3) is 0 Å². The number of carbonyl (C=O) groups excluding carboxylic acids is 1. The van der Waals surface area contributed by atoms with Crippen molar-refractivity contribution in [3.63, 3.8) is 0 Å². The summed E-state index contributed by atoms with van der Waals surface area (Å²) in [6.07, 6.45) is 5.07. The first-order chi connectivity index (χ1) is 6.77. The number of hydrogen-bond donors (Lipinski definition) is 0. The van der Waals surface area contributed by atoms with Crippen molar-refractivity contribution in [2.24, 2.45) is 0 Å². The molecule has 0 radical (unpaired) electrons. The van der Waals surface area contributed by atoms with Crippen LogP contribution in [0.5, 0.6) is 0 Å². The highest BCUT2D eigenvalue weighted by atomic mass is 19.1. The number of pyridine rings is 1. The molecule has 0 aliphatic rings. The van der Waals surface area contributed by atoms with Gasteiger partial charge in [-0.2, -0.15) is 0 Å². The Bertz CT molecular complexity index is 451. The van der Waals surface area contributed by atoms with Gasteiger partial charge in [-0.25, -0.2) is 4.39 Å². The zero-order valence-corrected chi connectivity index (χ0v) is 7.11. The van der Waals surface area contributed by atoms with Crippen LogP contribution in [0.15, 0.2) is 41.5 Å². The molecule has 2 aromatic heterocycles. The van der Waals surface area contributed by atoms with Gasteiger partial charge in [0.1, 0.15) is 12.1 Å². The Labute approximate surface area is 79.2 Å². The first-order valence-electron chi connectivity index (χ1n) is 3.95. The van der Waals surface area contributed by atoms with Crippen molar-refractivity contribution in [2.45, 2.75) is 0 Å². The van der Waals surface area contributed by atoms with Gasteiger partial charge in [-0.3, -0.25) is 9.78 Å². The standard InChI is InChI=1S/C10H6FNO2/c11-9-3-8(4-12-5-9)10(13)7-1-2-14-6-7/h1-6H. The average molecular weight is 191 g/mol. The third-order valence-electron chi connectivity index (χ3n) is 1.75. The van der Waals surface area contributed by atoms with E-state index in [2.05, 4.69) is 4.98 Å². The predicted molar refractivity (Wildman–Crippen MR) is 46.3 cm³/mol. The minimum atomic E-state index is -0.528. The zero-order valence-electron chi connectivity index (χ0n) is 7.11. The van der Waals surface area contributed by atoms with Crippen LogP contribution >= 0.6 is 0 Å². The first kappa shape index (κ1) is 8.62. The lowest BCUT2D eigenvalue weighted by atomic mass is 10.1. The summed E-state index contributed by atoms with van der Waals surface area (Å²) < 4.78 is 17.5. The predicted octanol–water partition coefficient (Wildman–Crippen LogP) is 2.04. The van der Waals surface area contributed by atoms with Gasteiger partial charge in [0.2, 0.25) is 0 Å². The van der Waals surface area contributed by atoms with Crippen molar-refractivity contribution in [3.05, 3.63) is 54.0 Å². The molecule has 2 rings (SSSR count). The number of carbonyl (C=O) groups is 1. The van der Waals surface area contributed by atoms with Crippen molar-refractivity contribution >= 4 is 5.78 Å². The summed E-state index contributed by atoms with van der Waals surface area (Å²) in [5, 5.41) is 0. The van der Waals surface area contributed by atoms with Crippen molar-refractivity contribution < 1.29 is 13.6 Å². The van der Waals surface area contributed by atoms with Gasteiger partial charge < -0.3 is 4.42 Å². The molecule has 0 amide bonds. The van der Waals surface area contributed by atoms with Crippen molar-refractivity contribution in [1.82, 2.24) is 4.98 Å². The Morgan fingerprint density at radius 3 is 2.86 bits per heavy atom. The molecule has 0 spiro atoms. The molecule has 3 nitrogen and oxygen atoms in total. The lowest BCUT2D eigenvalue weighted by Crippen LogP contribution is -2.00. The number of furan rings is 1. The smallest absolute Gasteiger partial charge is 0.197 e. The molecular weight excluding hydrogens is 185 g/mol. The first-order valence-corrected chi connectivity index (χ1v) is 3.95. The van der Waals surface area contributed by atoms with E-state index in [1.807, 2.05) is 0 Å². The van der Waals surface area contributed by atoms with Crippen molar-refractivity contribution in [3.8, 4) is 0 Å². The largest absolute Gasteiger partial charge is 0.472 e. The molecule has 0 aromatic carbocycles. The minimum Gasteiger partial charge on any atom is -0.472 e. The molecule has 0 N–H and O–H groups in total. The quantitative estimate of drug-likeness (QED) is 0.682. The highest BCUT2D eigenvalue weighted by molar-refractivity contribution is 6.08. The fourth-order valence-electron chi connectivity index (χ4n) is 1.10. The second kappa shape index (κ2) is 3.41. The topological polar surface area (TPSA) is 43.1 Å². The van der Waals surface area contributed by atoms with E-state index in [-0.39, 0.29) is 11.3 Å². The normalized spacial score (nSPS) is 10.1. The molecule has 0 aliphatic heterocycles. The zero-order chi connectivity index (χ0) is 9.97. The van der Waals surface area contributed by atoms with Crippen LogP contribution in [0, 0.1) is 5.82 Å². The average Bonchev–Trinajstić information content (AvgIpc) is 2.69.